The molecule has 98 valence electrons. The molecule has 1 unspecified atom stereocenters. The van der Waals surface area contributed by atoms with Crippen LogP contribution in [0.1, 0.15) is 12.2 Å². The fourth-order valence-electron chi connectivity index (χ4n) is 2.15. The van der Waals surface area contributed by atoms with Gasteiger partial charge in [0.25, 0.3) is 0 Å². The van der Waals surface area contributed by atoms with Crippen molar-refractivity contribution in [3.63, 3.8) is 0 Å². The van der Waals surface area contributed by atoms with Gasteiger partial charge in [0.1, 0.15) is 5.82 Å². The molecule has 1 aromatic heterocycles. The summed E-state index contributed by atoms with van der Waals surface area (Å²) in [6.45, 7) is 0.826. The standard InChI is InChI=1S/C12H14N4.2ClH/c13-10-6-7-11-14-15-12(16(11)8-10)9-4-2-1-3-5-9;;/h1-5,10H,6-8,13H2;2*1H. The van der Waals surface area contributed by atoms with Crippen molar-refractivity contribution in [3.8, 4) is 11.4 Å². The highest BCUT2D eigenvalue weighted by Crippen LogP contribution is 2.21. The summed E-state index contributed by atoms with van der Waals surface area (Å²) in [6, 6.07) is 10.4. The van der Waals surface area contributed by atoms with Gasteiger partial charge in [-0.25, -0.2) is 0 Å². The highest BCUT2D eigenvalue weighted by Gasteiger charge is 2.20. The first kappa shape index (κ1) is 15.0. The molecule has 0 saturated heterocycles. The summed E-state index contributed by atoms with van der Waals surface area (Å²) < 4.78 is 2.14. The van der Waals surface area contributed by atoms with Crippen LogP contribution in [0.5, 0.6) is 0 Å². The Kier molecular flexibility index (Phi) is 5.14. The first-order valence-electron chi connectivity index (χ1n) is 5.57. The maximum atomic E-state index is 5.98. The summed E-state index contributed by atoms with van der Waals surface area (Å²) in [5, 5.41) is 8.48. The maximum Gasteiger partial charge on any atom is 0.164 e. The lowest BCUT2D eigenvalue weighted by Gasteiger charge is -2.20. The van der Waals surface area contributed by atoms with Crippen LogP contribution in [0.25, 0.3) is 11.4 Å². The third kappa shape index (κ3) is 2.66. The fourth-order valence-corrected chi connectivity index (χ4v) is 2.15. The average molecular weight is 287 g/mol. The Morgan fingerprint density at radius 2 is 1.83 bits per heavy atom. The molecule has 0 fully saturated rings. The van der Waals surface area contributed by atoms with Gasteiger partial charge < -0.3 is 10.3 Å². The molecular weight excluding hydrogens is 271 g/mol. The molecule has 0 aliphatic carbocycles. The molecule has 1 aliphatic rings. The van der Waals surface area contributed by atoms with E-state index in [1.54, 1.807) is 0 Å². The highest BCUT2D eigenvalue weighted by molar-refractivity contribution is 5.85. The summed E-state index contributed by atoms with van der Waals surface area (Å²) in [5.41, 5.74) is 7.09. The number of rotatable bonds is 1. The van der Waals surface area contributed by atoms with Gasteiger partial charge in [0.05, 0.1) is 0 Å². The second-order valence-electron chi connectivity index (χ2n) is 4.22. The molecule has 18 heavy (non-hydrogen) atoms. The van der Waals surface area contributed by atoms with E-state index in [0.29, 0.717) is 0 Å². The number of aromatic nitrogens is 3. The Bertz CT molecular complexity index is 498. The zero-order valence-electron chi connectivity index (χ0n) is 9.82. The lowest BCUT2D eigenvalue weighted by Crippen LogP contribution is -2.32. The number of fused-ring (bicyclic) bond motifs is 1. The van der Waals surface area contributed by atoms with Crippen molar-refractivity contribution in [2.75, 3.05) is 0 Å². The van der Waals surface area contributed by atoms with Gasteiger partial charge in [0.2, 0.25) is 0 Å². The monoisotopic (exact) mass is 286 g/mol. The predicted octanol–water partition coefficient (Wildman–Crippen LogP) is 2.06. The molecule has 0 radical (unpaired) electrons. The van der Waals surface area contributed by atoms with E-state index in [9.17, 15) is 0 Å². The van der Waals surface area contributed by atoms with Gasteiger partial charge in [-0.05, 0) is 6.42 Å². The number of hydrogen-bond donors (Lipinski definition) is 1. The molecule has 2 aromatic rings. The minimum Gasteiger partial charge on any atom is -0.326 e. The van der Waals surface area contributed by atoms with Gasteiger partial charge in [0, 0.05) is 24.6 Å². The predicted molar refractivity (Wildman–Crippen MR) is 76.3 cm³/mol. The Morgan fingerprint density at radius 3 is 2.56 bits per heavy atom. The Hall–Kier alpha value is -1.10. The van der Waals surface area contributed by atoms with Crippen molar-refractivity contribution >= 4 is 24.8 Å². The molecule has 1 atom stereocenters. The molecule has 0 amide bonds. The zero-order valence-corrected chi connectivity index (χ0v) is 11.5. The van der Waals surface area contributed by atoms with Gasteiger partial charge in [-0.3, -0.25) is 0 Å². The smallest absolute Gasteiger partial charge is 0.164 e. The van der Waals surface area contributed by atoms with E-state index >= 15 is 0 Å². The second-order valence-corrected chi connectivity index (χ2v) is 4.22. The molecule has 1 aliphatic heterocycles. The minimum atomic E-state index is 0. The van der Waals surface area contributed by atoms with Crippen molar-refractivity contribution < 1.29 is 0 Å². The zero-order chi connectivity index (χ0) is 11.0. The van der Waals surface area contributed by atoms with E-state index in [1.807, 2.05) is 18.2 Å². The van der Waals surface area contributed by atoms with Gasteiger partial charge in [-0.2, -0.15) is 0 Å². The van der Waals surface area contributed by atoms with E-state index < -0.39 is 0 Å². The lowest BCUT2D eigenvalue weighted by molar-refractivity contribution is 0.456. The molecule has 0 bridgehead atoms. The normalized spacial score (nSPS) is 17.3. The fraction of sp³-hybridized carbons (Fsp3) is 0.333. The van der Waals surface area contributed by atoms with Crippen LogP contribution in [0.2, 0.25) is 0 Å². The first-order chi connectivity index (χ1) is 7.84. The summed E-state index contributed by atoms with van der Waals surface area (Å²) in [7, 11) is 0. The average Bonchev–Trinajstić information content (AvgIpc) is 2.73. The Morgan fingerprint density at radius 1 is 1.11 bits per heavy atom. The van der Waals surface area contributed by atoms with E-state index in [2.05, 4.69) is 26.9 Å². The van der Waals surface area contributed by atoms with Crippen LogP contribution in [-0.4, -0.2) is 20.8 Å². The van der Waals surface area contributed by atoms with Crippen molar-refractivity contribution in [1.29, 1.82) is 0 Å². The first-order valence-corrected chi connectivity index (χ1v) is 5.57. The number of nitrogens with two attached hydrogens (primary N) is 1. The van der Waals surface area contributed by atoms with Crippen molar-refractivity contribution in [3.05, 3.63) is 36.2 Å². The van der Waals surface area contributed by atoms with Gasteiger partial charge in [-0.15, -0.1) is 35.0 Å². The Balaban J connectivity index is 0.000000810. The quantitative estimate of drug-likeness (QED) is 0.873. The van der Waals surface area contributed by atoms with Gasteiger partial charge in [-0.1, -0.05) is 30.3 Å². The van der Waals surface area contributed by atoms with Crippen molar-refractivity contribution in [1.82, 2.24) is 14.8 Å². The Labute approximate surface area is 118 Å². The van der Waals surface area contributed by atoms with Crippen LogP contribution >= 0.6 is 24.8 Å². The van der Waals surface area contributed by atoms with E-state index in [4.69, 9.17) is 5.73 Å². The van der Waals surface area contributed by atoms with Crippen LogP contribution in [0.4, 0.5) is 0 Å². The molecule has 6 heteroatoms. The van der Waals surface area contributed by atoms with E-state index in [-0.39, 0.29) is 30.9 Å². The second kappa shape index (κ2) is 6.18. The van der Waals surface area contributed by atoms with Gasteiger partial charge >= 0.3 is 0 Å². The number of halogens is 2. The van der Waals surface area contributed by atoms with Gasteiger partial charge in [0.15, 0.2) is 5.82 Å². The SMILES string of the molecule is Cl.Cl.NC1CCc2nnc(-c3ccccc3)n2C1. The van der Waals surface area contributed by atoms with Crippen LogP contribution in [0.3, 0.4) is 0 Å². The lowest BCUT2D eigenvalue weighted by atomic mass is 10.1. The number of nitrogens with zero attached hydrogens (tertiary/aromatic N) is 3. The van der Waals surface area contributed by atoms with Crippen LogP contribution in [0.15, 0.2) is 30.3 Å². The van der Waals surface area contributed by atoms with E-state index in [1.165, 1.54) is 0 Å². The minimum absolute atomic E-state index is 0. The van der Waals surface area contributed by atoms with Crippen LogP contribution in [0, 0.1) is 0 Å². The molecular formula is C12H16Cl2N4. The number of hydrogen-bond acceptors (Lipinski definition) is 3. The third-order valence-corrected chi connectivity index (χ3v) is 3.02. The van der Waals surface area contributed by atoms with Crippen molar-refractivity contribution in [2.45, 2.75) is 25.4 Å². The summed E-state index contributed by atoms with van der Waals surface area (Å²) in [6.07, 6.45) is 1.94. The molecule has 0 spiro atoms. The largest absolute Gasteiger partial charge is 0.326 e. The third-order valence-electron chi connectivity index (χ3n) is 3.02. The molecule has 1 aromatic carbocycles. The van der Waals surface area contributed by atoms with Crippen LogP contribution in [-0.2, 0) is 13.0 Å². The summed E-state index contributed by atoms with van der Waals surface area (Å²) in [4.78, 5) is 0. The number of aryl methyl sites for hydroxylation is 1. The summed E-state index contributed by atoms with van der Waals surface area (Å²) >= 11 is 0. The molecule has 4 nitrogen and oxygen atoms in total. The molecule has 0 saturated carbocycles. The van der Waals surface area contributed by atoms with Crippen molar-refractivity contribution in [2.24, 2.45) is 5.73 Å². The highest BCUT2D eigenvalue weighted by atomic mass is 35.5. The molecule has 2 heterocycles. The number of benzene rings is 1. The van der Waals surface area contributed by atoms with E-state index in [0.717, 1.165) is 36.6 Å². The molecule has 2 N–H and O–H groups in total. The van der Waals surface area contributed by atoms with Crippen LogP contribution < -0.4 is 5.73 Å². The maximum absolute atomic E-state index is 5.98. The topological polar surface area (TPSA) is 56.7 Å². The summed E-state index contributed by atoms with van der Waals surface area (Å²) in [5.74, 6) is 1.99. The molecule has 3 rings (SSSR count).